The third-order valence-corrected chi connectivity index (χ3v) is 5.87. The van der Waals surface area contributed by atoms with Crippen LogP contribution in [-0.2, 0) is 4.79 Å². The molecule has 0 aliphatic rings. The van der Waals surface area contributed by atoms with Gasteiger partial charge in [-0.15, -0.1) is 0 Å². The number of nitrogens with zero attached hydrogens (tertiary/aromatic N) is 2. The Balaban J connectivity index is 1.70. The molecule has 4 rings (SSSR count). The molecule has 36 heavy (non-hydrogen) atoms. The van der Waals surface area contributed by atoms with Crippen LogP contribution in [0.1, 0.15) is 60.3 Å². The van der Waals surface area contributed by atoms with Crippen LogP contribution >= 0.6 is 0 Å². The number of nitrogens with one attached hydrogen (secondary N) is 2. The van der Waals surface area contributed by atoms with E-state index >= 15 is 0 Å². The van der Waals surface area contributed by atoms with Crippen molar-refractivity contribution in [1.82, 2.24) is 14.7 Å². The zero-order valence-corrected chi connectivity index (χ0v) is 21.3. The van der Waals surface area contributed by atoms with Crippen molar-refractivity contribution in [2.75, 3.05) is 5.32 Å². The number of rotatable bonds is 7. The molecule has 7 heteroatoms. The van der Waals surface area contributed by atoms with Crippen molar-refractivity contribution in [3.8, 4) is 11.3 Å². The number of carboxylic acid groups (broad SMARTS) is 1. The van der Waals surface area contributed by atoms with Crippen LogP contribution in [0.15, 0.2) is 66.9 Å². The van der Waals surface area contributed by atoms with Gasteiger partial charge < -0.3 is 15.7 Å². The molecule has 2 aromatic heterocycles. The molecule has 0 aliphatic carbocycles. The minimum atomic E-state index is -0.981. The number of amides is 1. The Morgan fingerprint density at radius 1 is 0.972 bits per heavy atom. The zero-order chi connectivity index (χ0) is 26.0. The highest BCUT2D eigenvalue weighted by molar-refractivity contribution is 5.96. The number of pyridine rings is 1. The van der Waals surface area contributed by atoms with Crippen LogP contribution in [0.3, 0.4) is 0 Å². The average Bonchev–Trinajstić information content (AvgIpc) is 3.15. The maximum atomic E-state index is 13.2. The van der Waals surface area contributed by atoms with Crippen LogP contribution in [0.5, 0.6) is 0 Å². The number of imidazole rings is 1. The Kier molecular flexibility index (Phi) is 6.84. The van der Waals surface area contributed by atoms with E-state index in [2.05, 4.69) is 31.4 Å². The second-order valence-electron chi connectivity index (χ2n) is 10.2. The number of anilines is 1. The molecule has 0 saturated carbocycles. The van der Waals surface area contributed by atoms with E-state index in [1.54, 1.807) is 12.1 Å². The summed E-state index contributed by atoms with van der Waals surface area (Å²) in [4.78, 5) is 29.5. The van der Waals surface area contributed by atoms with Gasteiger partial charge in [0.05, 0.1) is 12.5 Å². The van der Waals surface area contributed by atoms with Crippen LogP contribution < -0.4 is 10.6 Å². The van der Waals surface area contributed by atoms with Gasteiger partial charge >= 0.3 is 5.97 Å². The molecule has 0 saturated heterocycles. The van der Waals surface area contributed by atoms with Gasteiger partial charge in [0.1, 0.15) is 17.2 Å². The van der Waals surface area contributed by atoms with Crippen molar-refractivity contribution < 1.29 is 14.7 Å². The normalized spacial score (nSPS) is 12.4. The Hall–Kier alpha value is -4.13. The summed E-state index contributed by atoms with van der Waals surface area (Å²) in [5, 5.41) is 15.8. The molecular weight excluding hydrogens is 452 g/mol. The molecule has 1 amide bonds. The molecule has 3 N–H and O–H groups in total. The van der Waals surface area contributed by atoms with E-state index in [-0.39, 0.29) is 17.9 Å². The molecule has 186 valence electrons. The van der Waals surface area contributed by atoms with Gasteiger partial charge in [0, 0.05) is 22.9 Å². The van der Waals surface area contributed by atoms with E-state index in [0.29, 0.717) is 11.2 Å². The maximum Gasteiger partial charge on any atom is 0.305 e. The predicted octanol–water partition coefficient (Wildman–Crippen LogP) is 5.77. The highest BCUT2D eigenvalue weighted by atomic mass is 16.4. The third kappa shape index (κ3) is 5.74. The zero-order valence-electron chi connectivity index (χ0n) is 21.3. The lowest BCUT2D eigenvalue weighted by molar-refractivity contribution is -0.137. The summed E-state index contributed by atoms with van der Waals surface area (Å²) < 4.78 is 1.94. The largest absolute Gasteiger partial charge is 0.481 e. The molecule has 4 aromatic rings. The third-order valence-electron chi connectivity index (χ3n) is 5.87. The number of benzene rings is 2. The molecular formula is C29H32N4O3. The Labute approximate surface area is 211 Å². The van der Waals surface area contributed by atoms with Crippen molar-refractivity contribution in [3.05, 3.63) is 89.1 Å². The first-order valence-corrected chi connectivity index (χ1v) is 12.0. The van der Waals surface area contributed by atoms with Gasteiger partial charge in [0.15, 0.2) is 0 Å². The van der Waals surface area contributed by atoms with Crippen molar-refractivity contribution in [2.24, 2.45) is 0 Å². The molecule has 0 spiro atoms. The van der Waals surface area contributed by atoms with Crippen LogP contribution in [0.4, 0.5) is 5.82 Å². The lowest BCUT2D eigenvalue weighted by Gasteiger charge is -2.22. The summed E-state index contributed by atoms with van der Waals surface area (Å²) in [5.74, 6) is -0.489. The number of aryl methyl sites for hydroxylation is 2. The molecule has 1 atom stereocenters. The highest BCUT2D eigenvalue weighted by Crippen LogP contribution is 2.31. The topological polar surface area (TPSA) is 95.7 Å². The van der Waals surface area contributed by atoms with E-state index in [9.17, 15) is 14.7 Å². The molecule has 0 bridgehead atoms. The van der Waals surface area contributed by atoms with Gasteiger partial charge in [0.25, 0.3) is 5.91 Å². The maximum absolute atomic E-state index is 13.2. The lowest BCUT2D eigenvalue weighted by atomic mass is 10.0. The van der Waals surface area contributed by atoms with Crippen molar-refractivity contribution in [1.29, 1.82) is 0 Å². The standard InChI is InChI=1S/C29H32N4O3/c1-18-6-10-20(11-7-18)23(17-25(34)35)30-28(36)22-14-15-33-24(16-22)31-26(27(33)32-29(3,4)5)21-12-8-19(2)9-13-21/h6-16,23,32H,17H2,1-5H3,(H,30,36)(H,34,35). The summed E-state index contributed by atoms with van der Waals surface area (Å²) in [6.45, 7) is 10.3. The monoisotopic (exact) mass is 484 g/mol. The Morgan fingerprint density at radius 3 is 2.17 bits per heavy atom. The first kappa shape index (κ1) is 25.0. The second-order valence-corrected chi connectivity index (χ2v) is 10.2. The summed E-state index contributed by atoms with van der Waals surface area (Å²) in [6.07, 6.45) is 1.61. The number of hydrogen-bond donors (Lipinski definition) is 3. The van der Waals surface area contributed by atoms with Crippen LogP contribution in [0.25, 0.3) is 16.9 Å². The SMILES string of the molecule is Cc1ccc(-c2nc3cc(C(=O)NC(CC(=O)O)c4ccc(C)cc4)ccn3c2NC(C)(C)C)cc1. The van der Waals surface area contributed by atoms with Gasteiger partial charge in [-0.1, -0.05) is 59.7 Å². The Bertz CT molecular complexity index is 1400. The summed E-state index contributed by atoms with van der Waals surface area (Å²) >= 11 is 0. The lowest BCUT2D eigenvalue weighted by Crippen LogP contribution is -2.30. The predicted molar refractivity (Wildman–Crippen MR) is 142 cm³/mol. The number of carbonyl (C=O) groups is 2. The number of carbonyl (C=O) groups excluding carboxylic acids is 1. The number of hydrogen-bond acceptors (Lipinski definition) is 4. The van der Waals surface area contributed by atoms with Gasteiger partial charge in [-0.05, 0) is 52.3 Å². The minimum Gasteiger partial charge on any atom is -0.481 e. The van der Waals surface area contributed by atoms with E-state index in [0.717, 1.165) is 33.8 Å². The summed E-state index contributed by atoms with van der Waals surface area (Å²) in [5.41, 5.74) is 5.57. The minimum absolute atomic E-state index is 0.205. The quantitative estimate of drug-likeness (QED) is 0.309. The molecule has 0 radical (unpaired) electrons. The van der Waals surface area contributed by atoms with Gasteiger partial charge in [-0.25, -0.2) is 4.98 Å². The summed E-state index contributed by atoms with van der Waals surface area (Å²) in [7, 11) is 0. The average molecular weight is 485 g/mol. The van der Waals surface area contributed by atoms with E-state index in [1.165, 1.54) is 0 Å². The highest BCUT2D eigenvalue weighted by Gasteiger charge is 2.22. The summed E-state index contributed by atoms with van der Waals surface area (Å²) in [6, 6.07) is 18.5. The smallest absolute Gasteiger partial charge is 0.305 e. The molecule has 1 unspecified atom stereocenters. The van der Waals surface area contributed by atoms with E-state index in [1.807, 2.05) is 73.0 Å². The van der Waals surface area contributed by atoms with Crippen molar-refractivity contribution >= 4 is 23.3 Å². The molecule has 2 heterocycles. The van der Waals surface area contributed by atoms with Crippen LogP contribution in [0, 0.1) is 13.8 Å². The first-order valence-electron chi connectivity index (χ1n) is 12.0. The fourth-order valence-corrected chi connectivity index (χ4v) is 4.04. The fourth-order valence-electron chi connectivity index (χ4n) is 4.04. The number of carboxylic acids is 1. The van der Waals surface area contributed by atoms with E-state index < -0.39 is 12.0 Å². The molecule has 0 aliphatic heterocycles. The fraction of sp³-hybridized carbons (Fsp3) is 0.276. The van der Waals surface area contributed by atoms with Crippen LogP contribution in [-0.4, -0.2) is 31.9 Å². The number of aliphatic carboxylic acids is 1. The molecule has 0 fully saturated rings. The van der Waals surface area contributed by atoms with Gasteiger partial charge in [0.2, 0.25) is 0 Å². The second kappa shape index (κ2) is 9.85. The van der Waals surface area contributed by atoms with E-state index in [4.69, 9.17) is 4.98 Å². The first-order chi connectivity index (χ1) is 17.0. The molecule has 7 nitrogen and oxygen atoms in total. The number of fused-ring (bicyclic) bond motifs is 1. The van der Waals surface area contributed by atoms with Crippen molar-refractivity contribution in [3.63, 3.8) is 0 Å². The van der Waals surface area contributed by atoms with Gasteiger partial charge in [-0.3, -0.25) is 14.0 Å². The van der Waals surface area contributed by atoms with Crippen molar-refractivity contribution in [2.45, 2.75) is 52.6 Å². The molecule has 2 aromatic carbocycles. The number of aromatic nitrogens is 2. The van der Waals surface area contributed by atoms with Gasteiger partial charge in [-0.2, -0.15) is 0 Å². The van der Waals surface area contributed by atoms with Crippen LogP contribution in [0.2, 0.25) is 0 Å². The Morgan fingerprint density at radius 2 is 1.58 bits per heavy atom.